The quantitative estimate of drug-likeness (QED) is 0.823. The van der Waals surface area contributed by atoms with Gasteiger partial charge in [0.05, 0.1) is 8.66 Å². The Labute approximate surface area is 106 Å². The van der Waals surface area contributed by atoms with Gasteiger partial charge in [0.25, 0.3) is 0 Å². The molecule has 0 atom stereocenters. The van der Waals surface area contributed by atoms with Crippen molar-refractivity contribution in [1.29, 1.82) is 0 Å². The van der Waals surface area contributed by atoms with Gasteiger partial charge in [-0.25, -0.2) is 0 Å². The fourth-order valence-electron chi connectivity index (χ4n) is 0.990. The zero-order valence-electron chi connectivity index (χ0n) is 7.24. The molecule has 0 radical (unpaired) electrons. The van der Waals surface area contributed by atoms with Gasteiger partial charge in [0, 0.05) is 4.47 Å². The van der Waals surface area contributed by atoms with Gasteiger partial charge in [-0.3, -0.25) is 0 Å². The minimum atomic E-state index is 0.0749. The number of hydrogen-bond donors (Lipinski definition) is 2. The molecule has 2 aromatic heterocycles. The van der Waals surface area contributed by atoms with E-state index in [0.29, 0.717) is 5.69 Å². The molecule has 2 aromatic rings. The number of nitrogens with two attached hydrogens (primary N) is 2. The van der Waals surface area contributed by atoms with Gasteiger partial charge in [0.15, 0.2) is 5.82 Å². The molecule has 2 heterocycles. The summed E-state index contributed by atoms with van der Waals surface area (Å²) in [6, 6.07) is 1.90. The second-order valence-corrected chi connectivity index (χ2v) is 5.86. The van der Waals surface area contributed by atoms with E-state index in [4.69, 9.17) is 11.5 Å². The average Bonchev–Trinajstić information content (AvgIpc) is 2.46. The van der Waals surface area contributed by atoms with Crippen molar-refractivity contribution in [3.05, 3.63) is 14.3 Å². The molecule has 2 rings (SSSR count). The smallest absolute Gasteiger partial charge is 0.242 e. The van der Waals surface area contributed by atoms with Gasteiger partial charge >= 0.3 is 0 Å². The van der Waals surface area contributed by atoms with Crippen LogP contribution >= 0.6 is 43.2 Å². The fourth-order valence-corrected chi connectivity index (χ4v) is 3.02. The number of aromatic nitrogens is 3. The van der Waals surface area contributed by atoms with Gasteiger partial charge in [-0.2, -0.15) is 4.98 Å². The highest BCUT2D eigenvalue weighted by molar-refractivity contribution is 9.13. The number of hydrogen-bond acceptors (Lipinski definition) is 6. The third kappa shape index (κ3) is 2.11. The third-order valence-corrected chi connectivity index (χ3v) is 4.87. The fraction of sp³-hybridized carbons (Fsp3) is 0. The van der Waals surface area contributed by atoms with Crippen LogP contribution in [0.1, 0.15) is 0 Å². The van der Waals surface area contributed by atoms with Crippen molar-refractivity contribution in [3.8, 4) is 10.6 Å². The Kier molecular flexibility index (Phi) is 2.89. The van der Waals surface area contributed by atoms with Crippen molar-refractivity contribution in [3.63, 3.8) is 0 Å². The van der Waals surface area contributed by atoms with Crippen molar-refractivity contribution in [1.82, 2.24) is 15.2 Å². The molecule has 78 valence electrons. The molecule has 0 aliphatic heterocycles. The predicted molar refractivity (Wildman–Crippen MR) is 67.4 cm³/mol. The standard InChI is InChI=1S/C7H5Br2N5S/c8-2-1-3(15-5(2)9)4-6(10)12-7(11)14-13-4/h1H,(H4,10,11,12,14). The normalized spacial score (nSPS) is 10.5. The maximum atomic E-state index is 5.70. The summed E-state index contributed by atoms with van der Waals surface area (Å²) >= 11 is 8.27. The highest BCUT2D eigenvalue weighted by atomic mass is 79.9. The lowest BCUT2D eigenvalue weighted by atomic mass is 10.3. The van der Waals surface area contributed by atoms with Crippen LogP contribution in [0.2, 0.25) is 0 Å². The van der Waals surface area contributed by atoms with E-state index in [-0.39, 0.29) is 11.8 Å². The highest BCUT2D eigenvalue weighted by Gasteiger charge is 2.12. The lowest BCUT2D eigenvalue weighted by molar-refractivity contribution is 1.00. The second-order valence-electron chi connectivity index (χ2n) is 2.64. The summed E-state index contributed by atoms with van der Waals surface area (Å²) in [6.07, 6.45) is 0. The van der Waals surface area contributed by atoms with Crippen LogP contribution < -0.4 is 11.5 Å². The molecule has 0 amide bonds. The molecule has 0 fully saturated rings. The van der Waals surface area contributed by atoms with Crippen molar-refractivity contribution in [2.75, 3.05) is 11.5 Å². The number of anilines is 2. The van der Waals surface area contributed by atoms with E-state index in [1.165, 1.54) is 11.3 Å². The molecule has 8 heteroatoms. The summed E-state index contributed by atoms with van der Waals surface area (Å²) in [7, 11) is 0. The van der Waals surface area contributed by atoms with E-state index in [0.717, 1.165) is 13.1 Å². The van der Waals surface area contributed by atoms with Crippen LogP contribution in [-0.2, 0) is 0 Å². The Morgan fingerprint density at radius 1 is 1.20 bits per heavy atom. The predicted octanol–water partition coefficient (Wildman–Crippen LogP) is 2.29. The summed E-state index contributed by atoms with van der Waals surface area (Å²) in [5.41, 5.74) is 11.6. The maximum absolute atomic E-state index is 5.70. The van der Waals surface area contributed by atoms with Crippen LogP contribution in [0.3, 0.4) is 0 Å². The van der Waals surface area contributed by atoms with Crippen molar-refractivity contribution < 1.29 is 0 Å². The van der Waals surface area contributed by atoms with E-state index < -0.39 is 0 Å². The zero-order valence-corrected chi connectivity index (χ0v) is 11.2. The molecule has 15 heavy (non-hydrogen) atoms. The summed E-state index contributed by atoms with van der Waals surface area (Å²) in [5, 5.41) is 7.58. The SMILES string of the molecule is Nc1nnc(-c2cc(Br)c(Br)s2)c(N)n1. The molecule has 0 aliphatic carbocycles. The average molecular weight is 351 g/mol. The monoisotopic (exact) mass is 349 g/mol. The van der Waals surface area contributed by atoms with Gasteiger partial charge in [-0.15, -0.1) is 21.5 Å². The van der Waals surface area contributed by atoms with Gasteiger partial charge in [0.1, 0.15) is 5.69 Å². The second kappa shape index (κ2) is 4.03. The minimum Gasteiger partial charge on any atom is -0.382 e. The molecule has 5 nitrogen and oxygen atoms in total. The first-order valence-electron chi connectivity index (χ1n) is 3.79. The van der Waals surface area contributed by atoms with Crippen LogP contribution in [0.25, 0.3) is 10.6 Å². The molecule has 0 aromatic carbocycles. The van der Waals surface area contributed by atoms with Crippen molar-refractivity contribution in [2.24, 2.45) is 0 Å². The van der Waals surface area contributed by atoms with E-state index >= 15 is 0 Å². The number of rotatable bonds is 1. The molecular formula is C7H5Br2N5S. The van der Waals surface area contributed by atoms with Crippen LogP contribution in [0, 0.1) is 0 Å². The van der Waals surface area contributed by atoms with Crippen molar-refractivity contribution in [2.45, 2.75) is 0 Å². The molecule has 4 N–H and O–H groups in total. The maximum Gasteiger partial charge on any atom is 0.242 e. The Balaban J connectivity index is 2.54. The van der Waals surface area contributed by atoms with Crippen LogP contribution in [0.15, 0.2) is 14.3 Å². The van der Waals surface area contributed by atoms with E-state index in [1.54, 1.807) is 0 Å². The van der Waals surface area contributed by atoms with Crippen molar-refractivity contribution >= 4 is 55.0 Å². The number of halogens is 2. The summed E-state index contributed by atoms with van der Waals surface area (Å²) < 4.78 is 1.91. The summed E-state index contributed by atoms with van der Waals surface area (Å²) in [5.74, 6) is 0.356. The first-order valence-corrected chi connectivity index (χ1v) is 6.19. The summed E-state index contributed by atoms with van der Waals surface area (Å²) in [6.45, 7) is 0. The molecule has 0 saturated heterocycles. The summed E-state index contributed by atoms with van der Waals surface area (Å²) in [4.78, 5) is 4.73. The third-order valence-electron chi connectivity index (χ3n) is 1.61. The first-order chi connectivity index (χ1) is 7.08. The number of nitrogens with zero attached hydrogens (tertiary/aromatic N) is 3. The Hall–Kier alpha value is -0.730. The topological polar surface area (TPSA) is 90.7 Å². The lowest BCUT2D eigenvalue weighted by Crippen LogP contribution is -2.03. The highest BCUT2D eigenvalue weighted by Crippen LogP contribution is 2.38. The van der Waals surface area contributed by atoms with E-state index in [1.807, 2.05) is 6.07 Å². The zero-order chi connectivity index (χ0) is 11.0. The van der Waals surface area contributed by atoms with Gasteiger partial charge in [0.2, 0.25) is 5.95 Å². The molecule has 0 bridgehead atoms. The molecule has 0 spiro atoms. The van der Waals surface area contributed by atoms with E-state index in [2.05, 4.69) is 47.0 Å². The van der Waals surface area contributed by atoms with Gasteiger partial charge in [-0.05, 0) is 37.9 Å². The lowest BCUT2D eigenvalue weighted by Gasteiger charge is -1.99. The Morgan fingerprint density at radius 2 is 1.93 bits per heavy atom. The molecule has 0 unspecified atom stereocenters. The first kappa shape index (κ1) is 10.8. The Bertz CT molecular complexity index is 493. The molecular weight excluding hydrogens is 346 g/mol. The number of thiophene rings is 1. The van der Waals surface area contributed by atoms with E-state index in [9.17, 15) is 0 Å². The molecule has 0 aliphatic rings. The van der Waals surface area contributed by atoms with Crippen LogP contribution in [0.5, 0.6) is 0 Å². The van der Waals surface area contributed by atoms with Gasteiger partial charge < -0.3 is 11.5 Å². The molecule has 0 saturated carbocycles. The van der Waals surface area contributed by atoms with Crippen LogP contribution in [0.4, 0.5) is 11.8 Å². The van der Waals surface area contributed by atoms with Gasteiger partial charge in [-0.1, -0.05) is 0 Å². The van der Waals surface area contributed by atoms with Crippen LogP contribution in [-0.4, -0.2) is 15.2 Å². The largest absolute Gasteiger partial charge is 0.382 e. The minimum absolute atomic E-state index is 0.0749. The number of nitrogen functional groups attached to an aromatic ring is 2. The Morgan fingerprint density at radius 3 is 2.47 bits per heavy atom.